The number of esters is 3. The molecule has 5 unspecified atom stereocenters. The number of hydrogen-bond donors (Lipinski definition) is 4. The van der Waals surface area contributed by atoms with Crippen LogP contribution in [0.25, 0.3) is 0 Å². The standard InChI is InChI=1S/C97H164O16P2/c1-4-7-10-13-16-19-22-25-28-31-34-36-38-40-42-44-45-47-49-50-52-54-57-59-62-65-68-71-74-77-80-83-95(100)107-86-92(98)87-109-114(103,104)110-88-93(99)89-111-115(105,106)112-91-94(113-97(102)85-82-79-76-73-70-67-64-61-56-33-30-27-24-21-18-15-12-9-6-3)90-108-96(101)84-81-78-75-72-69-66-63-60-58-55-53-51-48-46-43-41-39-37-35-32-29-26-23-20-17-14-11-8-5-2/h8-9,11-12,16-21,25-30,34-37,40-43,48,51,56,61,92-94,98-99H,4-7,10,13-15,22-24,31-33,38-39,44-47,49-50,52-55,57-60,62-91H2,1-3H3,(H,103,104)(H,105,106)/b11-8-,12-9-,19-16-,20-17-,21-18-,28-25-,29-26-,30-27-,36-34-,37-35-,42-40-,43-41-,51-48-,61-56-. The van der Waals surface area contributed by atoms with Crippen LogP contribution in [-0.4, -0.2) is 95.9 Å². The number of aliphatic hydroxyl groups excluding tert-OH is 2. The molecule has 0 heterocycles. The molecule has 0 aliphatic carbocycles. The monoisotopic (exact) mass is 1650 g/mol. The van der Waals surface area contributed by atoms with Crippen LogP contribution >= 0.6 is 15.6 Å². The maximum absolute atomic E-state index is 13.0. The molecule has 0 saturated heterocycles. The Balaban J connectivity index is 4.58. The zero-order chi connectivity index (χ0) is 83.6. The van der Waals surface area contributed by atoms with Crippen LogP contribution in [0.1, 0.15) is 367 Å². The van der Waals surface area contributed by atoms with E-state index in [0.29, 0.717) is 19.3 Å². The highest BCUT2D eigenvalue weighted by molar-refractivity contribution is 7.47. The molecule has 0 spiro atoms. The quantitative estimate of drug-likeness (QED) is 0.0146. The first-order chi connectivity index (χ1) is 56.2. The van der Waals surface area contributed by atoms with E-state index in [2.05, 4.69) is 191 Å². The lowest BCUT2D eigenvalue weighted by molar-refractivity contribution is -0.161. The number of ether oxygens (including phenoxy) is 3. The highest BCUT2D eigenvalue weighted by Gasteiger charge is 2.29. The van der Waals surface area contributed by atoms with Gasteiger partial charge in [0.25, 0.3) is 0 Å². The second-order valence-corrected chi connectivity index (χ2v) is 32.9. The van der Waals surface area contributed by atoms with Crippen LogP contribution in [0.3, 0.4) is 0 Å². The number of carbonyl (C=O) groups is 3. The van der Waals surface area contributed by atoms with Crippen molar-refractivity contribution in [3.63, 3.8) is 0 Å². The minimum absolute atomic E-state index is 0.0826. The summed E-state index contributed by atoms with van der Waals surface area (Å²) in [6.07, 6.45) is 114. The smallest absolute Gasteiger partial charge is 0.463 e. The fourth-order valence-electron chi connectivity index (χ4n) is 12.1. The Morgan fingerprint density at radius 2 is 0.461 bits per heavy atom. The second kappa shape index (κ2) is 88.2. The Hall–Kier alpha value is -5.09. The van der Waals surface area contributed by atoms with E-state index in [0.717, 1.165) is 173 Å². The van der Waals surface area contributed by atoms with Gasteiger partial charge in [-0.3, -0.25) is 32.5 Å². The molecule has 5 atom stereocenters. The van der Waals surface area contributed by atoms with Gasteiger partial charge in [0.15, 0.2) is 6.10 Å². The Morgan fingerprint density at radius 3 is 0.730 bits per heavy atom. The summed E-state index contributed by atoms with van der Waals surface area (Å²) in [4.78, 5) is 59.0. The number of phosphoric ester groups is 2. The molecular weight excluding hydrogens is 1480 g/mol. The lowest BCUT2D eigenvalue weighted by Crippen LogP contribution is -2.30. The molecule has 0 bridgehead atoms. The van der Waals surface area contributed by atoms with Gasteiger partial charge in [-0.25, -0.2) is 9.13 Å². The molecule has 18 heteroatoms. The van der Waals surface area contributed by atoms with Crippen molar-refractivity contribution in [2.24, 2.45) is 0 Å². The molecule has 0 saturated carbocycles. The molecule has 115 heavy (non-hydrogen) atoms. The van der Waals surface area contributed by atoms with Crippen LogP contribution < -0.4 is 0 Å². The van der Waals surface area contributed by atoms with E-state index in [4.69, 9.17) is 32.3 Å². The summed E-state index contributed by atoms with van der Waals surface area (Å²) in [6.45, 7) is 2.44. The summed E-state index contributed by atoms with van der Waals surface area (Å²) in [6, 6.07) is 0. The van der Waals surface area contributed by atoms with Crippen molar-refractivity contribution >= 4 is 33.6 Å². The van der Waals surface area contributed by atoms with E-state index in [1.54, 1.807) is 0 Å². The second-order valence-electron chi connectivity index (χ2n) is 30.0. The van der Waals surface area contributed by atoms with E-state index in [-0.39, 0.29) is 19.3 Å². The lowest BCUT2D eigenvalue weighted by atomic mass is 10.0. The molecule has 0 radical (unpaired) electrons. The predicted octanol–water partition coefficient (Wildman–Crippen LogP) is 27.9. The summed E-state index contributed by atoms with van der Waals surface area (Å²) in [7, 11) is -9.82. The van der Waals surface area contributed by atoms with Crippen LogP contribution in [0, 0.1) is 0 Å². The van der Waals surface area contributed by atoms with Gasteiger partial charge in [0.2, 0.25) is 0 Å². The maximum Gasteiger partial charge on any atom is 0.472 e. The molecule has 0 aromatic carbocycles. The average molecular weight is 1650 g/mol. The lowest BCUT2D eigenvalue weighted by Gasteiger charge is -2.21. The summed E-state index contributed by atoms with van der Waals surface area (Å²) in [5.74, 6) is -1.59. The van der Waals surface area contributed by atoms with Gasteiger partial charge >= 0.3 is 33.6 Å². The van der Waals surface area contributed by atoms with Gasteiger partial charge < -0.3 is 34.2 Å². The number of hydrogen-bond acceptors (Lipinski definition) is 14. The third-order valence-electron chi connectivity index (χ3n) is 18.9. The van der Waals surface area contributed by atoms with Crippen molar-refractivity contribution in [1.82, 2.24) is 0 Å². The summed E-state index contributed by atoms with van der Waals surface area (Å²) >= 11 is 0. The number of unbranched alkanes of at least 4 members (excludes halogenated alkanes) is 34. The fourth-order valence-corrected chi connectivity index (χ4v) is 13.7. The molecule has 0 aromatic rings. The first-order valence-corrected chi connectivity index (χ1v) is 48.4. The Bertz CT molecular complexity index is 2770. The largest absolute Gasteiger partial charge is 0.472 e. The van der Waals surface area contributed by atoms with E-state index < -0.39 is 91.5 Å². The SMILES string of the molecule is CC/C=C\C/C=C\C/C=C\C/C=C\C/C=C\C/C=C\CCCCCCCCCCCCC(=O)OCC(COP(=O)(O)OCC(O)COP(=O)(O)OCC(O)COC(=O)CCCCCCCCCCCCCCCCC/C=C\C/C=C\C/C=C\C/C=C\CCCCC)OC(=O)CCCCCCCC/C=C\C/C=C\C/C=C\C/C=C\CC. The zero-order valence-electron chi connectivity index (χ0n) is 72.4. The highest BCUT2D eigenvalue weighted by atomic mass is 31.2. The number of allylic oxidation sites excluding steroid dienone is 28. The highest BCUT2D eigenvalue weighted by Crippen LogP contribution is 2.45. The normalized spacial score (nSPS) is 14.6. The van der Waals surface area contributed by atoms with Gasteiger partial charge in [0, 0.05) is 19.3 Å². The summed E-state index contributed by atoms with van der Waals surface area (Å²) in [5, 5.41) is 20.7. The van der Waals surface area contributed by atoms with Crippen LogP contribution in [0.2, 0.25) is 0 Å². The third kappa shape index (κ3) is 89.5. The molecule has 0 fully saturated rings. The molecule has 4 N–H and O–H groups in total. The van der Waals surface area contributed by atoms with Crippen molar-refractivity contribution in [2.75, 3.05) is 39.6 Å². The Morgan fingerprint density at radius 1 is 0.252 bits per heavy atom. The minimum Gasteiger partial charge on any atom is -0.463 e. The predicted molar refractivity (Wildman–Crippen MR) is 482 cm³/mol. The minimum atomic E-state index is -4.95. The van der Waals surface area contributed by atoms with E-state index in [9.17, 15) is 43.5 Å². The first kappa shape index (κ1) is 110. The number of carbonyl (C=O) groups excluding carboxylic acids is 3. The molecule has 0 aliphatic heterocycles. The van der Waals surface area contributed by atoms with Crippen molar-refractivity contribution in [3.8, 4) is 0 Å². The van der Waals surface area contributed by atoms with Crippen molar-refractivity contribution < 1.29 is 75.8 Å². The average Bonchev–Trinajstić information content (AvgIpc) is 0.894. The van der Waals surface area contributed by atoms with Crippen molar-refractivity contribution in [1.29, 1.82) is 0 Å². The Kier molecular flexibility index (Phi) is 84.3. The molecule has 0 aromatic heterocycles. The molecule has 0 amide bonds. The van der Waals surface area contributed by atoms with E-state index in [1.165, 1.54) is 135 Å². The molecule has 16 nitrogen and oxygen atoms in total. The van der Waals surface area contributed by atoms with Gasteiger partial charge in [-0.1, -0.05) is 364 Å². The van der Waals surface area contributed by atoms with Crippen molar-refractivity contribution in [2.45, 2.75) is 386 Å². The number of phosphoric acid groups is 2. The molecule has 0 aliphatic rings. The summed E-state index contributed by atoms with van der Waals surface area (Å²) < 4.78 is 61.4. The van der Waals surface area contributed by atoms with Crippen molar-refractivity contribution in [3.05, 3.63) is 170 Å². The molecule has 658 valence electrons. The van der Waals surface area contributed by atoms with Gasteiger partial charge in [-0.05, 0) is 154 Å². The van der Waals surface area contributed by atoms with Gasteiger partial charge in [-0.2, -0.15) is 0 Å². The van der Waals surface area contributed by atoms with Crippen LogP contribution in [0.4, 0.5) is 0 Å². The third-order valence-corrected chi connectivity index (χ3v) is 20.8. The Labute approximate surface area is 701 Å². The van der Waals surface area contributed by atoms with E-state index in [1.807, 2.05) is 0 Å². The van der Waals surface area contributed by atoms with Crippen LogP contribution in [0.15, 0.2) is 170 Å². The fraction of sp³-hybridized carbons (Fsp3) is 0.680. The van der Waals surface area contributed by atoms with E-state index >= 15 is 0 Å². The van der Waals surface area contributed by atoms with Crippen LogP contribution in [0.5, 0.6) is 0 Å². The van der Waals surface area contributed by atoms with Crippen LogP contribution in [-0.2, 0) is 55.8 Å². The van der Waals surface area contributed by atoms with Gasteiger partial charge in [-0.15, -0.1) is 0 Å². The number of rotatable bonds is 85. The van der Waals surface area contributed by atoms with Gasteiger partial charge in [0.1, 0.15) is 25.4 Å². The topological polar surface area (TPSA) is 231 Å². The first-order valence-electron chi connectivity index (χ1n) is 45.4. The molecular formula is C97H164O16P2. The zero-order valence-corrected chi connectivity index (χ0v) is 74.2. The maximum atomic E-state index is 13.0. The summed E-state index contributed by atoms with van der Waals surface area (Å²) in [5.41, 5.74) is 0. The van der Waals surface area contributed by atoms with Gasteiger partial charge in [0.05, 0.1) is 26.4 Å². The number of aliphatic hydroxyl groups is 2. The molecule has 0 rings (SSSR count).